The highest BCUT2D eigenvalue weighted by atomic mass is 19.2. The average Bonchev–Trinajstić information content (AvgIpc) is 2.45. The zero-order valence-corrected chi connectivity index (χ0v) is 6.78. The van der Waals surface area contributed by atoms with Crippen LogP contribution in [0.3, 0.4) is 0 Å². The van der Waals surface area contributed by atoms with Crippen molar-refractivity contribution in [2.75, 3.05) is 0 Å². The Labute approximate surface area is 73.4 Å². The smallest absolute Gasteiger partial charge is 0.194 e. The van der Waals surface area contributed by atoms with E-state index in [1.165, 1.54) is 0 Å². The van der Waals surface area contributed by atoms with Gasteiger partial charge in [-0.25, -0.2) is 13.2 Å². The molecule has 70 valence electrons. The second-order valence-corrected chi connectivity index (χ2v) is 3.20. The van der Waals surface area contributed by atoms with Crippen LogP contribution in [0.4, 0.5) is 13.2 Å². The second-order valence-electron chi connectivity index (χ2n) is 3.20. The van der Waals surface area contributed by atoms with Gasteiger partial charge in [0.1, 0.15) is 0 Å². The molecule has 0 aromatic heterocycles. The van der Waals surface area contributed by atoms with Gasteiger partial charge in [0.15, 0.2) is 17.5 Å². The quantitative estimate of drug-likeness (QED) is 0.618. The highest BCUT2D eigenvalue weighted by molar-refractivity contribution is 5.36. The summed E-state index contributed by atoms with van der Waals surface area (Å²) < 4.78 is 38.5. The van der Waals surface area contributed by atoms with Gasteiger partial charge in [0.2, 0.25) is 0 Å². The van der Waals surface area contributed by atoms with Crippen molar-refractivity contribution in [2.24, 2.45) is 5.73 Å². The van der Waals surface area contributed by atoms with Gasteiger partial charge >= 0.3 is 0 Å². The molecular formula is C9H8F3N. The summed E-state index contributed by atoms with van der Waals surface area (Å²) in [6.45, 7) is 0. The molecule has 4 heteroatoms. The molecule has 0 fully saturated rings. The molecule has 1 aliphatic rings. The second kappa shape index (κ2) is 2.73. The zero-order valence-electron chi connectivity index (χ0n) is 6.78. The topological polar surface area (TPSA) is 26.0 Å². The lowest BCUT2D eigenvalue weighted by Crippen LogP contribution is -2.07. The van der Waals surface area contributed by atoms with E-state index in [9.17, 15) is 13.2 Å². The van der Waals surface area contributed by atoms with E-state index in [1.54, 1.807) is 0 Å². The number of benzene rings is 1. The first-order chi connectivity index (χ1) is 6.11. The van der Waals surface area contributed by atoms with Crippen LogP contribution in [0, 0.1) is 17.5 Å². The summed E-state index contributed by atoms with van der Waals surface area (Å²) >= 11 is 0. The van der Waals surface area contributed by atoms with Crippen LogP contribution < -0.4 is 5.73 Å². The third-order valence-corrected chi connectivity index (χ3v) is 2.40. The van der Waals surface area contributed by atoms with Crippen molar-refractivity contribution in [3.05, 3.63) is 34.6 Å². The Kier molecular flexibility index (Phi) is 1.80. The number of nitrogens with two attached hydrogens (primary N) is 1. The molecule has 0 heterocycles. The Morgan fingerprint density at radius 3 is 2.62 bits per heavy atom. The fourth-order valence-electron chi connectivity index (χ4n) is 1.69. The molecule has 1 aromatic rings. The minimum Gasteiger partial charge on any atom is -0.324 e. The summed E-state index contributed by atoms with van der Waals surface area (Å²) in [5.74, 6) is -3.63. The van der Waals surface area contributed by atoms with Crippen LogP contribution in [0.15, 0.2) is 6.07 Å². The monoisotopic (exact) mass is 187 g/mol. The normalized spacial score (nSPS) is 20.5. The minimum atomic E-state index is -1.40. The van der Waals surface area contributed by atoms with Crippen LogP contribution in [0.1, 0.15) is 23.6 Å². The third-order valence-electron chi connectivity index (χ3n) is 2.40. The van der Waals surface area contributed by atoms with Crippen molar-refractivity contribution >= 4 is 0 Å². The van der Waals surface area contributed by atoms with Gasteiger partial charge in [0.05, 0.1) is 0 Å². The molecule has 0 saturated carbocycles. The van der Waals surface area contributed by atoms with E-state index in [0.29, 0.717) is 18.4 Å². The predicted octanol–water partition coefficient (Wildman–Crippen LogP) is 2.05. The SMILES string of the molecule is NC1CCc2c1cc(F)c(F)c2F. The summed E-state index contributed by atoms with van der Waals surface area (Å²) in [7, 11) is 0. The number of fused-ring (bicyclic) bond motifs is 1. The number of rotatable bonds is 0. The van der Waals surface area contributed by atoms with Gasteiger partial charge in [-0.3, -0.25) is 0 Å². The standard InChI is InChI=1S/C9H8F3N/c10-6-3-5-4(1-2-7(5)13)8(11)9(6)12/h3,7H,1-2,13H2. The summed E-state index contributed by atoms with van der Waals surface area (Å²) in [4.78, 5) is 0. The van der Waals surface area contributed by atoms with Crippen LogP contribution >= 0.6 is 0 Å². The molecule has 1 atom stereocenters. The fraction of sp³-hybridized carbons (Fsp3) is 0.333. The molecule has 0 radical (unpaired) electrons. The molecule has 1 aromatic carbocycles. The average molecular weight is 187 g/mol. The molecule has 0 saturated heterocycles. The molecule has 0 aliphatic heterocycles. The summed E-state index contributed by atoms with van der Waals surface area (Å²) in [6, 6.07) is 0.630. The first-order valence-corrected chi connectivity index (χ1v) is 4.03. The molecule has 0 spiro atoms. The summed E-state index contributed by atoms with van der Waals surface area (Å²) in [6.07, 6.45) is 0.939. The summed E-state index contributed by atoms with van der Waals surface area (Å²) in [5, 5.41) is 0. The van der Waals surface area contributed by atoms with Crippen LogP contribution in [0.5, 0.6) is 0 Å². The van der Waals surface area contributed by atoms with Gasteiger partial charge in [0.25, 0.3) is 0 Å². The lowest BCUT2D eigenvalue weighted by molar-refractivity contribution is 0.441. The van der Waals surface area contributed by atoms with E-state index in [4.69, 9.17) is 5.73 Å². The first-order valence-electron chi connectivity index (χ1n) is 4.03. The third kappa shape index (κ3) is 1.13. The maximum absolute atomic E-state index is 13.1. The lowest BCUT2D eigenvalue weighted by atomic mass is 10.1. The Morgan fingerprint density at radius 1 is 1.23 bits per heavy atom. The highest BCUT2D eigenvalue weighted by Crippen LogP contribution is 2.33. The molecular weight excluding hydrogens is 179 g/mol. The van der Waals surface area contributed by atoms with Crippen LogP contribution in [0.2, 0.25) is 0 Å². The summed E-state index contributed by atoms with van der Waals surface area (Å²) in [5.41, 5.74) is 6.21. The van der Waals surface area contributed by atoms with Crippen molar-refractivity contribution in [1.82, 2.24) is 0 Å². The maximum Gasteiger partial charge on any atom is 0.194 e. The number of halogens is 3. The fourth-order valence-corrected chi connectivity index (χ4v) is 1.69. The maximum atomic E-state index is 13.1. The van der Waals surface area contributed by atoms with Gasteiger partial charge in [-0.2, -0.15) is 0 Å². The molecule has 2 N–H and O–H groups in total. The molecule has 13 heavy (non-hydrogen) atoms. The molecule has 0 amide bonds. The van der Waals surface area contributed by atoms with E-state index >= 15 is 0 Å². The van der Waals surface area contributed by atoms with E-state index in [1.807, 2.05) is 0 Å². The van der Waals surface area contributed by atoms with Gasteiger partial charge in [-0.1, -0.05) is 0 Å². The van der Waals surface area contributed by atoms with Gasteiger partial charge in [-0.15, -0.1) is 0 Å². The highest BCUT2D eigenvalue weighted by Gasteiger charge is 2.26. The molecule has 1 nitrogen and oxygen atoms in total. The van der Waals surface area contributed by atoms with E-state index in [0.717, 1.165) is 6.07 Å². The molecule has 1 aliphatic carbocycles. The Balaban J connectivity index is 2.67. The molecule has 1 unspecified atom stereocenters. The van der Waals surface area contributed by atoms with E-state index < -0.39 is 17.5 Å². The molecule has 2 rings (SSSR count). The molecule has 0 bridgehead atoms. The largest absolute Gasteiger partial charge is 0.324 e. The van der Waals surface area contributed by atoms with Crippen LogP contribution in [0.25, 0.3) is 0 Å². The number of hydrogen-bond acceptors (Lipinski definition) is 1. The van der Waals surface area contributed by atoms with Crippen molar-refractivity contribution < 1.29 is 13.2 Å². The van der Waals surface area contributed by atoms with E-state index in [2.05, 4.69) is 0 Å². The Morgan fingerprint density at radius 2 is 1.92 bits per heavy atom. The van der Waals surface area contributed by atoms with Crippen LogP contribution in [-0.2, 0) is 6.42 Å². The Hall–Kier alpha value is -1.03. The van der Waals surface area contributed by atoms with Gasteiger partial charge in [0, 0.05) is 6.04 Å². The van der Waals surface area contributed by atoms with Gasteiger partial charge in [-0.05, 0) is 30.0 Å². The van der Waals surface area contributed by atoms with Gasteiger partial charge < -0.3 is 5.73 Å². The predicted molar refractivity (Wildman–Crippen MR) is 41.6 cm³/mol. The van der Waals surface area contributed by atoms with Crippen LogP contribution in [-0.4, -0.2) is 0 Å². The Bertz CT molecular complexity index is 362. The minimum absolute atomic E-state index is 0.228. The first kappa shape index (κ1) is 8.56. The van der Waals surface area contributed by atoms with Crippen molar-refractivity contribution in [3.63, 3.8) is 0 Å². The lowest BCUT2D eigenvalue weighted by Gasteiger charge is -2.06. The zero-order chi connectivity index (χ0) is 9.59. The van der Waals surface area contributed by atoms with Crippen molar-refractivity contribution in [2.45, 2.75) is 18.9 Å². The number of hydrogen-bond donors (Lipinski definition) is 1. The van der Waals surface area contributed by atoms with Crippen molar-refractivity contribution in [3.8, 4) is 0 Å². The van der Waals surface area contributed by atoms with Crippen molar-refractivity contribution in [1.29, 1.82) is 0 Å². The van der Waals surface area contributed by atoms with E-state index in [-0.39, 0.29) is 11.6 Å².